The Bertz CT molecular complexity index is 365. The maximum atomic E-state index is 12.9. The van der Waals surface area contributed by atoms with E-state index in [1.807, 2.05) is 0 Å². The average Bonchev–Trinajstić information content (AvgIpc) is 3.09. The van der Waals surface area contributed by atoms with E-state index in [2.05, 4.69) is 5.32 Å². The van der Waals surface area contributed by atoms with Gasteiger partial charge in [-0.2, -0.15) is 0 Å². The largest absolute Gasteiger partial charge is 0.314 e. The van der Waals surface area contributed by atoms with E-state index in [0.29, 0.717) is 18.0 Å². The highest BCUT2D eigenvalue weighted by Gasteiger charge is 2.19. The van der Waals surface area contributed by atoms with Gasteiger partial charge >= 0.3 is 0 Å². The highest BCUT2D eigenvalue weighted by molar-refractivity contribution is 5.19. The summed E-state index contributed by atoms with van der Waals surface area (Å²) in [6.07, 6.45) is 4.92. The minimum atomic E-state index is -1.39. The molecular weight excluding hydrogens is 227 g/mol. The van der Waals surface area contributed by atoms with Crippen LogP contribution in [0.25, 0.3) is 0 Å². The third-order valence-electron chi connectivity index (χ3n) is 2.95. The van der Waals surface area contributed by atoms with Crippen molar-refractivity contribution in [1.29, 1.82) is 0 Å². The van der Waals surface area contributed by atoms with Crippen LogP contribution < -0.4 is 5.32 Å². The molecule has 4 heteroatoms. The van der Waals surface area contributed by atoms with Crippen LogP contribution >= 0.6 is 0 Å². The summed E-state index contributed by atoms with van der Waals surface area (Å²) in [6.45, 7) is 0.941. The van der Waals surface area contributed by atoms with E-state index >= 15 is 0 Å². The van der Waals surface area contributed by atoms with Crippen LogP contribution in [0.5, 0.6) is 0 Å². The zero-order chi connectivity index (χ0) is 12.3. The number of hydrogen-bond donors (Lipinski definition) is 1. The van der Waals surface area contributed by atoms with E-state index in [1.165, 1.54) is 12.8 Å². The number of hydrogen-bond acceptors (Lipinski definition) is 1. The fraction of sp³-hybridized carbons (Fsp3) is 0.538. The monoisotopic (exact) mass is 243 g/mol. The molecule has 0 bridgehead atoms. The summed E-state index contributed by atoms with van der Waals surface area (Å²) in [5.41, 5.74) is 0.521. The van der Waals surface area contributed by atoms with Gasteiger partial charge in [0.1, 0.15) is 0 Å². The van der Waals surface area contributed by atoms with Gasteiger partial charge in [0.15, 0.2) is 17.5 Å². The van der Waals surface area contributed by atoms with Gasteiger partial charge in [-0.25, -0.2) is 13.2 Å². The molecule has 1 N–H and O–H groups in total. The number of halogens is 3. The number of benzene rings is 1. The second kappa shape index (κ2) is 5.54. The predicted molar refractivity (Wildman–Crippen MR) is 60.3 cm³/mol. The molecule has 0 saturated heterocycles. The Labute approximate surface area is 99.0 Å². The summed E-state index contributed by atoms with van der Waals surface area (Å²) >= 11 is 0. The normalized spacial score (nSPS) is 15.2. The SMILES string of the molecule is Fc1cc(CCCCNC2CC2)cc(F)c1F. The molecule has 17 heavy (non-hydrogen) atoms. The van der Waals surface area contributed by atoms with Crippen molar-refractivity contribution < 1.29 is 13.2 Å². The second-order valence-corrected chi connectivity index (χ2v) is 4.56. The van der Waals surface area contributed by atoms with Crippen LogP contribution in [-0.4, -0.2) is 12.6 Å². The molecule has 0 aliphatic heterocycles. The predicted octanol–water partition coefficient (Wildman–Crippen LogP) is 3.18. The fourth-order valence-electron chi connectivity index (χ4n) is 1.80. The minimum absolute atomic E-state index is 0.521. The Morgan fingerprint density at radius 3 is 2.29 bits per heavy atom. The lowest BCUT2D eigenvalue weighted by molar-refractivity contribution is 0.445. The fourth-order valence-corrected chi connectivity index (χ4v) is 1.80. The Morgan fingerprint density at radius 2 is 1.71 bits per heavy atom. The van der Waals surface area contributed by atoms with E-state index in [1.54, 1.807) is 0 Å². The average molecular weight is 243 g/mol. The third-order valence-corrected chi connectivity index (χ3v) is 2.95. The molecule has 1 aliphatic rings. The standard InChI is InChI=1S/C13H16F3N/c14-11-7-9(8-12(15)13(11)16)3-1-2-6-17-10-4-5-10/h7-8,10,17H,1-6H2. The first kappa shape index (κ1) is 12.4. The molecule has 2 rings (SSSR count). The lowest BCUT2D eigenvalue weighted by Gasteiger charge is -2.04. The Kier molecular flexibility index (Phi) is 4.05. The molecule has 0 atom stereocenters. The van der Waals surface area contributed by atoms with Crippen LogP contribution in [0.15, 0.2) is 12.1 Å². The van der Waals surface area contributed by atoms with Gasteiger partial charge < -0.3 is 5.32 Å². The first-order chi connectivity index (χ1) is 8.16. The molecule has 0 amide bonds. The lowest BCUT2D eigenvalue weighted by atomic mass is 10.1. The molecule has 0 radical (unpaired) electrons. The second-order valence-electron chi connectivity index (χ2n) is 4.56. The molecule has 0 aromatic heterocycles. The van der Waals surface area contributed by atoms with E-state index in [0.717, 1.165) is 31.5 Å². The molecule has 1 aromatic rings. The number of rotatable bonds is 6. The quantitative estimate of drug-likeness (QED) is 0.597. The van der Waals surface area contributed by atoms with Gasteiger partial charge in [-0.15, -0.1) is 0 Å². The molecular formula is C13H16F3N. The van der Waals surface area contributed by atoms with Crippen LogP contribution in [0, 0.1) is 17.5 Å². The van der Waals surface area contributed by atoms with Gasteiger partial charge in [0, 0.05) is 6.04 Å². The summed E-state index contributed by atoms with van der Waals surface area (Å²) < 4.78 is 38.5. The smallest absolute Gasteiger partial charge is 0.194 e. The number of aryl methyl sites for hydroxylation is 1. The molecule has 94 valence electrons. The maximum absolute atomic E-state index is 12.9. The van der Waals surface area contributed by atoms with Gasteiger partial charge in [-0.3, -0.25) is 0 Å². The highest BCUT2D eigenvalue weighted by Crippen LogP contribution is 2.19. The number of unbranched alkanes of at least 4 members (excludes halogenated alkanes) is 1. The van der Waals surface area contributed by atoms with Gasteiger partial charge in [-0.05, 0) is 56.3 Å². The van der Waals surface area contributed by atoms with E-state index in [4.69, 9.17) is 0 Å². The van der Waals surface area contributed by atoms with Crippen LogP contribution in [0.1, 0.15) is 31.2 Å². The molecule has 1 saturated carbocycles. The first-order valence-corrected chi connectivity index (χ1v) is 6.03. The molecule has 1 aromatic carbocycles. The summed E-state index contributed by atoms with van der Waals surface area (Å²) in [7, 11) is 0. The van der Waals surface area contributed by atoms with Crippen LogP contribution in [0.4, 0.5) is 13.2 Å². The molecule has 1 fully saturated rings. The first-order valence-electron chi connectivity index (χ1n) is 6.03. The van der Waals surface area contributed by atoms with Crippen LogP contribution in [-0.2, 0) is 6.42 Å². The van der Waals surface area contributed by atoms with Crippen molar-refractivity contribution >= 4 is 0 Å². The zero-order valence-electron chi connectivity index (χ0n) is 9.61. The van der Waals surface area contributed by atoms with Gasteiger partial charge in [0.2, 0.25) is 0 Å². The topological polar surface area (TPSA) is 12.0 Å². The maximum Gasteiger partial charge on any atom is 0.194 e. The van der Waals surface area contributed by atoms with Gasteiger partial charge in [-0.1, -0.05) is 0 Å². The molecule has 0 heterocycles. The minimum Gasteiger partial charge on any atom is -0.314 e. The molecule has 0 spiro atoms. The van der Waals surface area contributed by atoms with Crippen molar-refractivity contribution in [3.05, 3.63) is 35.1 Å². The van der Waals surface area contributed by atoms with Crippen molar-refractivity contribution in [3.8, 4) is 0 Å². The number of nitrogens with one attached hydrogen (secondary N) is 1. The molecule has 1 aliphatic carbocycles. The van der Waals surface area contributed by atoms with Gasteiger partial charge in [0.05, 0.1) is 0 Å². The highest BCUT2D eigenvalue weighted by atomic mass is 19.2. The summed E-state index contributed by atoms with van der Waals surface area (Å²) in [5, 5.41) is 3.37. The van der Waals surface area contributed by atoms with Crippen molar-refractivity contribution in [1.82, 2.24) is 5.32 Å². The van der Waals surface area contributed by atoms with Crippen molar-refractivity contribution in [3.63, 3.8) is 0 Å². The Morgan fingerprint density at radius 1 is 1.06 bits per heavy atom. The summed E-state index contributed by atoms with van der Waals surface area (Å²) in [4.78, 5) is 0. The van der Waals surface area contributed by atoms with Crippen molar-refractivity contribution in [2.45, 2.75) is 38.1 Å². The van der Waals surface area contributed by atoms with Crippen LogP contribution in [0.3, 0.4) is 0 Å². The summed E-state index contributed by atoms with van der Waals surface area (Å²) in [5.74, 6) is -3.59. The van der Waals surface area contributed by atoms with Crippen molar-refractivity contribution in [2.75, 3.05) is 6.54 Å². The Hall–Kier alpha value is -1.03. The van der Waals surface area contributed by atoms with E-state index in [-0.39, 0.29) is 0 Å². The van der Waals surface area contributed by atoms with E-state index in [9.17, 15) is 13.2 Å². The molecule has 0 unspecified atom stereocenters. The van der Waals surface area contributed by atoms with Crippen molar-refractivity contribution in [2.24, 2.45) is 0 Å². The molecule has 1 nitrogen and oxygen atoms in total. The third kappa shape index (κ3) is 3.73. The summed E-state index contributed by atoms with van der Waals surface area (Å²) in [6, 6.07) is 2.84. The lowest BCUT2D eigenvalue weighted by Crippen LogP contribution is -2.17. The Balaban J connectivity index is 1.73. The zero-order valence-corrected chi connectivity index (χ0v) is 9.61. The van der Waals surface area contributed by atoms with E-state index < -0.39 is 17.5 Å². The van der Waals surface area contributed by atoms with Gasteiger partial charge in [0.25, 0.3) is 0 Å². The van der Waals surface area contributed by atoms with Crippen LogP contribution in [0.2, 0.25) is 0 Å².